The van der Waals surface area contributed by atoms with E-state index in [4.69, 9.17) is 4.98 Å². The second kappa shape index (κ2) is 7.59. The Morgan fingerprint density at radius 1 is 1.15 bits per heavy atom. The molecule has 2 aromatic heterocycles. The molecule has 0 saturated carbocycles. The largest absolute Gasteiger partial charge is 0.312 e. The number of aryl methyl sites for hydroxylation is 2. The van der Waals surface area contributed by atoms with Gasteiger partial charge in [0.1, 0.15) is 5.39 Å². The van der Waals surface area contributed by atoms with Gasteiger partial charge in [0, 0.05) is 24.4 Å². The fraction of sp³-hybridized carbons (Fsp3) is 0.280. The third-order valence-corrected chi connectivity index (χ3v) is 7.65. The standard InChI is InChI=1S/C25H23N5O2S/c1-15-7-8-20(16(2)11-15)30-23-19(13-26-30)24(32)29-18(14-33-25(29)27-23)12-22(31)28-10-9-17-5-3-4-6-21(17)28/h3-8,11,13,18H,9-10,12,14H2,1-2H3. The number of aromatic nitrogens is 4. The predicted octanol–water partition coefficient (Wildman–Crippen LogP) is 3.83. The van der Waals surface area contributed by atoms with E-state index in [9.17, 15) is 9.59 Å². The molecule has 2 aliphatic rings. The Bertz CT molecular complexity index is 1490. The molecule has 4 aromatic rings. The van der Waals surface area contributed by atoms with Gasteiger partial charge in [0.15, 0.2) is 10.8 Å². The van der Waals surface area contributed by atoms with Crippen molar-refractivity contribution in [2.45, 2.75) is 37.9 Å². The molecule has 0 aliphatic carbocycles. The molecular weight excluding hydrogens is 434 g/mol. The van der Waals surface area contributed by atoms with E-state index < -0.39 is 0 Å². The van der Waals surface area contributed by atoms with Gasteiger partial charge in [0.05, 0.1) is 17.9 Å². The Hall–Kier alpha value is -3.39. The van der Waals surface area contributed by atoms with E-state index in [1.807, 2.05) is 49.1 Å². The first kappa shape index (κ1) is 20.2. The molecule has 0 bridgehead atoms. The van der Waals surface area contributed by atoms with Gasteiger partial charge in [-0.25, -0.2) is 9.67 Å². The molecule has 8 heteroatoms. The van der Waals surface area contributed by atoms with Crippen LogP contribution in [0.25, 0.3) is 16.7 Å². The predicted molar refractivity (Wildman–Crippen MR) is 129 cm³/mol. The number of thioether (sulfide) groups is 1. The van der Waals surface area contributed by atoms with Crippen molar-refractivity contribution < 1.29 is 4.79 Å². The molecule has 0 N–H and O–H groups in total. The molecule has 6 rings (SSSR count). The maximum Gasteiger partial charge on any atom is 0.265 e. The first-order chi connectivity index (χ1) is 16.0. The number of amides is 1. The highest BCUT2D eigenvalue weighted by molar-refractivity contribution is 7.99. The van der Waals surface area contributed by atoms with Crippen LogP contribution in [0.5, 0.6) is 0 Å². The number of para-hydroxylation sites is 1. The molecule has 7 nitrogen and oxygen atoms in total. The van der Waals surface area contributed by atoms with Crippen LogP contribution in [0.3, 0.4) is 0 Å². The summed E-state index contributed by atoms with van der Waals surface area (Å²) in [6, 6.07) is 14.0. The number of fused-ring (bicyclic) bond motifs is 3. The summed E-state index contributed by atoms with van der Waals surface area (Å²) >= 11 is 1.53. The molecule has 0 fully saturated rings. The fourth-order valence-electron chi connectivity index (χ4n) is 4.91. The normalized spacial score (nSPS) is 16.9. The summed E-state index contributed by atoms with van der Waals surface area (Å²) in [6.45, 7) is 4.77. The molecule has 0 spiro atoms. The summed E-state index contributed by atoms with van der Waals surface area (Å²) in [5.74, 6) is 0.712. The van der Waals surface area contributed by atoms with Crippen LogP contribution < -0.4 is 10.5 Å². The van der Waals surface area contributed by atoms with Gasteiger partial charge >= 0.3 is 0 Å². The van der Waals surface area contributed by atoms with Crippen LogP contribution in [-0.2, 0) is 11.2 Å². The summed E-state index contributed by atoms with van der Waals surface area (Å²) in [5.41, 5.74) is 5.78. The highest BCUT2D eigenvalue weighted by atomic mass is 32.2. The van der Waals surface area contributed by atoms with Crippen molar-refractivity contribution in [3.05, 3.63) is 75.7 Å². The molecular formula is C25H23N5O2S. The minimum atomic E-state index is -0.209. The first-order valence-electron chi connectivity index (χ1n) is 11.1. The van der Waals surface area contributed by atoms with Gasteiger partial charge in [-0.1, -0.05) is 47.7 Å². The Morgan fingerprint density at radius 2 is 2.00 bits per heavy atom. The number of carbonyl (C=O) groups excluding carboxylic acids is 1. The van der Waals surface area contributed by atoms with E-state index in [1.54, 1.807) is 15.4 Å². The van der Waals surface area contributed by atoms with E-state index in [2.05, 4.69) is 17.2 Å². The van der Waals surface area contributed by atoms with Crippen LogP contribution in [0.1, 0.15) is 29.2 Å². The van der Waals surface area contributed by atoms with Crippen LogP contribution in [0.2, 0.25) is 0 Å². The van der Waals surface area contributed by atoms with E-state index in [0.29, 0.717) is 28.5 Å². The van der Waals surface area contributed by atoms with Crippen molar-refractivity contribution in [2.24, 2.45) is 0 Å². The van der Waals surface area contributed by atoms with E-state index >= 15 is 0 Å². The minimum Gasteiger partial charge on any atom is -0.312 e. The Kier molecular flexibility index (Phi) is 4.65. The number of benzene rings is 2. The topological polar surface area (TPSA) is 73.0 Å². The zero-order chi connectivity index (χ0) is 22.7. The van der Waals surface area contributed by atoms with E-state index in [-0.39, 0.29) is 23.9 Å². The molecule has 0 radical (unpaired) electrons. The quantitative estimate of drug-likeness (QED) is 0.437. The third-order valence-electron chi connectivity index (χ3n) is 6.55. The zero-order valence-electron chi connectivity index (χ0n) is 18.5. The lowest BCUT2D eigenvalue weighted by atomic mass is 10.1. The Morgan fingerprint density at radius 3 is 2.85 bits per heavy atom. The number of rotatable bonds is 3. The van der Waals surface area contributed by atoms with Crippen molar-refractivity contribution in [3.8, 4) is 5.69 Å². The van der Waals surface area contributed by atoms with Gasteiger partial charge in [0.25, 0.3) is 5.56 Å². The van der Waals surface area contributed by atoms with Crippen LogP contribution in [0, 0.1) is 13.8 Å². The van der Waals surface area contributed by atoms with Crippen LogP contribution >= 0.6 is 11.8 Å². The van der Waals surface area contributed by atoms with E-state index in [0.717, 1.165) is 23.4 Å². The average molecular weight is 458 g/mol. The number of carbonyl (C=O) groups is 1. The number of hydrogen-bond acceptors (Lipinski definition) is 5. The highest BCUT2D eigenvalue weighted by Gasteiger charge is 2.32. The Labute approximate surface area is 195 Å². The summed E-state index contributed by atoms with van der Waals surface area (Å²) in [5, 5.41) is 5.62. The lowest BCUT2D eigenvalue weighted by Gasteiger charge is -2.20. The monoisotopic (exact) mass is 457 g/mol. The average Bonchev–Trinajstić information content (AvgIpc) is 3.51. The summed E-state index contributed by atoms with van der Waals surface area (Å²) in [6.07, 6.45) is 2.75. The molecule has 1 amide bonds. The fourth-order valence-corrected chi connectivity index (χ4v) is 6.04. The highest BCUT2D eigenvalue weighted by Crippen LogP contribution is 2.35. The molecule has 33 heavy (non-hydrogen) atoms. The number of nitrogens with zero attached hydrogens (tertiary/aromatic N) is 5. The second-order valence-electron chi connectivity index (χ2n) is 8.75. The van der Waals surface area contributed by atoms with Gasteiger partial charge < -0.3 is 4.90 Å². The van der Waals surface area contributed by atoms with Crippen molar-refractivity contribution in [1.29, 1.82) is 0 Å². The molecule has 2 aliphatic heterocycles. The van der Waals surface area contributed by atoms with Crippen LogP contribution in [0.15, 0.2) is 58.6 Å². The molecule has 4 heterocycles. The molecule has 2 aromatic carbocycles. The molecule has 0 saturated heterocycles. The number of anilines is 1. The lowest BCUT2D eigenvalue weighted by Crippen LogP contribution is -2.33. The van der Waals surface area contributed by atoms with Crippen molar-refractivity contribution in [2.75, 3.05) is 17.2 Å². The lowest BCUT2D eigenvalue weighted by molar-refractivity contribution is -0.119. The van der Waals surface area contributed by atoms with Crippen molar-refractivity contribution in [3.63, 3.8) is 0 Å². The van der Waals surface area contributed by atoms with E-state index in [1.165, 1.54) is 22.9 Å². The molecule has 1 unspecified atom stereocenters. The zero-order valence-corrected chi connectivity index (χ0v) is 19.3. The van der Waals surface area contributed by atoms with Gasteiger partial charge in [-0.3, -0.25) is 14.2 Å². The Balaban J connectivity index is 1.35. The van der Waals surface area contributed by atoms with Gasteiger partial charge in [-0.2, -0.15) is 5.10 Å². The molecule has 166 valence electrons. The maximum absolute atomic E-state index is 13.4. The van der Waals surface area contributed by atoms with Crippen LogP contribution in [0.4, 0.5) is 5.69 Å². The summed E-state index contributed by atoms with van der Waals surface area (Å²) in [4.78, 5) is 33.3. The van der Waals surface area contributed by atoms with Gasteiger partial charge in [-0.05, 0) is 43.5 Å². The first-order valence-corrected chi connectivity index (χ1v) is 12.1. The van der Waals surface area contributed by atoms with Gasteiger partial charge in [0.2, 0.25) is 5.91 Å². The second-order valence-corrected chi connectivity index (χ2v) is 9.73. The van der Waals surface area contributed by atoms with Crippen molar-refractivity contribution >= 4 is 34.4 Å². The maximum atomic E-state index is 13.4. The number of hydrogen-bond donors (Lipinski definition) is 0. The molecule has 1 atom stereocenters. The van der Waals surface area contributed by atoms with Crippen molar-refractivity contribution in [1.82, 2.24) is 19.3 Å². The smallest absolute Gasteiger partial charge is 0.265 e. The summed E-state index contributed by atoms with van der Waals surface area (Å²) < 4.78 is 3.44. The minimum absolute atomic E-state index is 0.0522. The summed E-state index contributed by atoms with van der Waals surface area (Å²) in [7, 11) is 0. The SMILES string of the molecule is Cc1ccc(-n2ncc3c(=O)n4c(nc32)SCC4CC(=O)N2CCc3ccccc32)c(C)c1. The van der Waals surface area contributed by atoms with Gasteiger partial charge in [-0.15, -0.1) is 0 Å². The third kappa shape index (κ3) is 3.20. The van der Waals surface area contributed by atoms with Crippen LogP contribution in [-0.4, -0.2) is 37.5 Å².